The summed E-state index contributed by atoms with van der Waals surface area (Å²) in [6.45, 7) is 0. The van der Waals surface area contributed by atoms with E-state index in [4.69, 9.17) is 4.74 Å². The van der Waals surface area contributed by atoms with Gasteiger partial charge in [0.1, 0.15) is 5.75 Å². The largest absolute Gasteiger partial charge is 0.496 e. The highest BCUT2D eigenvalue weighted by Crippen LogP contribution is 2.31. The van der Waals surface area contributed by atoms with E-state index < -0.39 is 0 Å². The molecule has 0 unspecified atom stereocenters. The monoisotopic (exact) mass is 410 g/mol. The average molecular weight is 411 g/mol. The standard InChI is InChI=1S/C22H22N2O2S2/c1-26-20-12-17(27-2)9-10-18(20)21(25)24-22-23-19(13-28-22)16-8-7-14-5-3-4-6-15(14)11-16/h7-13H,3-6H2,1-2H3,(H,23,24,25). The number of aryl methyl sites for hydroxylation is 2. The van der Waals surface area contributed by atoms with Crippen LogP contribution in [0.5, 0.6) is 5.75 Å². The minimum Gasteiger partial charge on any atom is -0.496 e. The Morgan fingerprint density at radius 3 is 2.75 bits per heavy atom. The first-order valence-electron chi connectivity index (χ1n) is 9.29. The lowest BCUT2D eigenvalue weighted by atomic mass is 9.90. The second-order valence-electron chi connectivity index (χ2n) is 6.75. The zero-order chi connectivity index (χ0) is 19.5. The highest BCUT2D eigenvalue weighted by molar-refractivity contribution is 7.98. The Hall–Kier alpha value is -2.31. The van der Waals surface area contributed by atoms with Crippen molar-refractivity contribution < 1.29 is 9.53 Å². The van der Waals surface area contributed by atoms with Crippen LogP contribution in [-0.2, 0) is 12.8 Å². The van der Waals surface area contributed by atoms with Gasteiger partial charge in [0.25, 0.3) is 5.91 Å². The topological polar surface area (TPSA) is 51.2 Å². The highest BCUT2D eigenvalue weighted by atomic mass is 32.2. The summed E-state index contributed by atoms with van der Waals surface area (Å²) in [5.74, 6) is 0.353. The average Bonchev–Trinajstić information content (AvgIpc) is 3.21. The molecule has 0 spiro atoms. The number of benzene rings is 2. The number of thiazole rings is 1. The van der Waals surface area contributed by atoms with Crippen LogP contribution in [0.4, 0.5) is 5.13 Å². The van der Waals surface area contributed by atoms with E-state index in [0.717, 1.165) is 22.6 Å². The molecule has 0 saturated carbocycles. The predicted octanol–water partition coefficient (Wildman–Crippen LogP) is 5.67. The Bertz CT molecular complexity index is 1010. The van der Waals surface area contributed by atoms with E-state index >= 15 is 0 Å². The number of hydrogen-bond donors (Lipinski definition) is 1. The van der Waals surface area contributed by atoms with Crippen molar-refractivity contribution in [2.24, 2.45) is 0 Å². The van der Waals surface area contributed by atoms with Gasteiger partial charge in [0.15, 0.2) is 5.13 Å². The zero-order valence-corrected chi connectivity index (χ0v) is 17.6. The Labute approximate surface area is 173 Å². The molecule has 4 rings (SSSR count). The van der Waals surface area contributed by atoms with Gasteiger partial charge in [-0.15, -0.1) is 23.1 Å². The van der Waals surface area contributed by atoms with Gasteiger partial charge in [-0.25, -0.2) is 4.98 Å². The summed E-state index contributed by atoms with van der Waals surface area (Å²) in [6.07, 6.45) is 6.84. The number of nitrogens with one attached hydrogen (secondary N) is 1. The fourth-order valence-corrected chi connectivity index (χ4v) is 4.65. The zero-order valence-electron chi connectivity index (χ0n) is 16.0. The van der Waals surface area contributed by atoms with Crippen LogP contribution in [0.1, 0.15) is 34.3 Å². The Kier molecular flexibility index (Phi) is 5.69. The number of hydrogen-bond acceptors (Lipinski definition) is 5. The molecule has 1 aromatic heterocycles. The summed E-state index contributed by atoms with van der Waals surface area (Å²) < 4.78 is 5.38. The normalized spacial score (nSPS) is 13.1. The SMILES string of the molecule is COc1cc(SC)ccc1C(=O)Nc1nc(-c2ccc3c(c2)CCCC3)cs1. The van der Waals surface area contributed by atoms with E-state index in [0.29, 0.717) is 16.4 Å². The molecule has 1 amide bonds. The van der Waals surface area contributed by atoms with Crippen LogP contribution >= 0.6 is 23.1 Å². The molecule has 0 atom stereocenters. The van der Waals surface area contributed by atoms with Gasteiger partial charge in [0, 0.05) is 15.8 Å². The molecule has 2 aromatic carbocycles. The Morgan fingerprint density at radius 1 is 1.14 bits per heavy atom. The van der Waals surface area contributed by atoms with Crippen molar-refractivity contribution in [3.05, 3.63) is 58.5 Å². The van der Waals surface area contributed by atoms with Gasteiger partial charge in [-0.05, 0) is 67.3 Å². The van der Waals surface area contributed by atoms with Crippen LogP contribution in [0.2, 0.25) is 0 Å². The molecule has 1 aliphatic rings. The van der Waals surface area contributed by atoms with E-state index in [-0.39, 0.29) is 5.91 Å². The van der Waals surface area contributed by atoms with Gasteiger partial charge in [-0.3, -0.25) is 10.1 Å². The molecule has 3 aromatic rings. The maximum Gasteiger partial charge on any atom is 0.261 e. The van der Waals surface area contributed by atoms with Crippen LogP contribution < -0.4 is 10.1 Å². The molecule has 0 bridgehead atoms. The highest BCUT2D eigenvalue weighted by Gasteiger charge is 2.16. The lowest BCUT2D eigenvalue weighted by Crippen LogP contribution is -2.13. The fourth-order valence-electron chi connectivity index (χ4n) is 3.51. The fraction of sp³-hybridized carbons (Fsp3) is 0.273. The Balaban J connectivity index is 1.53. The number of carbonyl (C=O) groups excluding carboxylic acids is 1. The number of methoxy groups -OCH3 is 1. The third-order valence-electron chi connectivity index (χ3n) is 5.02. The van der Waals surface area contributed by atoms with Gasteiger partial charge in [0.2, 0.25) is 0 Å². The van der Waals surface area contributed by atoms with Crippen molar-refractivity contribution in [3.63, 3.8) is 0 Å². The number of carbonyl (C=O) groups is 1. The number of thioether (sulfide) groups is 1. The minimum absolute atomic E-state index is 0.212. The Morgan fingerprint density at radius 2 is 1.96 bits per heavy atom. The van der Waals surface area contributed by atoms with Crippen LogP contribution in [0.15, 0.2) is 46.7 Å². The quantitative estimate of drug-likeness (QED) is 0.551. The maximum absolute atomic E-state index is 12.7. The molecular formula is C22H22N2O2S2. The van der Waals surface area contributed by atoms with Gasteiger partial charge in [-0.2, -0.15) is 0 Å². The van der Waals surface area contributed by atoms with E-state index in [1.807, 2.05) is 23.8 Å². The second-order valence-corrected chi connectivity index (χ2v) is 8.49. The number of rotatable bonds is 5. The molecule has 0 saturated heterocycles. The molecular weight excluding hydrogens is 388 g/mol. The number of nitrogens with zero attached hydrogens (tertiary/aromatic N) is 1. The van der Waals surface area contributed by atoms with E-state index in [9.17, 15) is 4.79 Å². The van der Waals surface area contributed by atoms with Crippen LogP contribution in [-0.4, -0.2) is 24.3 Å². The summed E-state index contributed by atoms with van der Waals surface area (Å²) >= 11 is 3.05. The maximum atomic E-state index is 12.7. The molecule has 144 valence electrons. The molecule has 1 heterocycles. The summed E-state index contributed by atoms with van der Waals surface area (Å²) in [6, 6.07) is 12.2. The van der Waals surface area contributed by atoms with E-state index in [1.54, 1.807) is 24.9 Å². The number of ether oxygens (including phenoxy) is 1. The molecule has 0 aliphatic heterocycles. The number of amides is 1. The number of fused-ring (bicyclic) bond motifs is 1. The summed E-state index contributed by atoms with van der Waals surface area (Å²) in [5, 5.41) is 5.49. The van der Waals surface area contributed by atoms with Crippen LogP contribution in [0, 0.1) is 0 Å². The first-order valence-corrected chi connectivity index (χ1v) is 11.4. The van der Waals surface area contributed by atoms with Gasteiger partial charge < -0.3 is 4.74 Å². The molecule has 1 N–H and O–H groups in total. The number of anilines is 1. The van der Waals surface area contributed by atoms with Crippen molar-refractivity contribution >= 4 is 34.1 Å². The summed E-state index contributed by atoms with van der Waals surface area (Å²) in [5.41, 5.74) is 5.41. The summed E-state index contributed by atoms with van der Waals surface area (Å²) in [4.78, 5) is 18.4. The van der Waals surface area contributed by atoms with Crippen molar-refractivity contribution in [1.29, 1.82) is 0 Å². The van der Waals surface area contributed by atoms with E-state index in [1.165, 1.54) is 41.7 Å². The smallest absolute Gasteiger partial charge is 0.261 e. The predicted molar refractivity (Wildman–Crippen MR) is 117 cm³/mol. The third kappa shape index (κ3) is 3.93. The lowest BCUT2D eigenvalue weighted by molar-refractivity contribution is 0.102. The second kappa shape index (κ2) is 8.37. The lowest BCUT2D eigenvalue weighted by Gasteiger charge is -2.16. The first kappa shape index (κ1) is 19.0. The van der Waals surface area contributed by atoms with Gasteiger partial charge >= 0.3 is 0 Å². The van der Waals surface area contributed by atoms with Crippen molar-refractivity contribution in [3.8, 4) is 17.0 Å². The molecule has 0 fully saturated rings. The minimum atomic E-state index is -0.212. The molecule has 1 aliphatic carbocycles. The van der Waals surface area contributed by atoms with Gasteiger partial charge in [0.05, 0.1) is 18.4 Å². The van der Waals surface area contributed by atoms with Crippen molar-refractivity contribution in [2.75, 3.05) is 18.7 Å². The summed E-state index contributed by atoms with van der Waals surface area (Å²) in [7, 11) is 1.58. The van der Waals surface area contributed by atoms with Crippen LogP contribution in [0.25, 0.3) is 11.3 Å². The molecule has 0 radical (unpaired) electrons. The number of aromatic nitrogens is 1. The van der Waals surface area contributed by atoms with Crippen molar-refractivity contribution in [1.82, 2.24) is 4.98 Å². The molecule has 28 heavy (non-hydrogen) atoms. The first-order chi connectivity index (χ1) is 13.7. The van der Waals surface area contributed by atoms with Gasteiger partial charge in [-0.1, -0.05) is 12.1 Å². The molecule has 6 heteroatoms. The van der Waals surface area contributed by atoms with Crippen LogP contribution in [0.3, 0.4) is 0 Å². The van der Waals surface area contributed by atoms with E-state index in [2.05, 4.69) is 28.5 Å². The molecule has 4 nitrogen and oxygen atoms in total. The third-order valence-corrected chi connectivity index (χ3v) is 6.51. The van der Waals surface area contributed by atoms with Crippen molar-refractivity contribution in [2.45, 2.75) is 30.6 Å².